The van der Waals surface area contributed by atoms with Gasteiger partial charge < -0.3 is 14.7 Å². The fourth-order valence-corrected chi connectivity index (χ4v) is 1.15. The molecule has 0 atom stereocenters. The number of phenols is 1. The number of methoxy groups -OCH3 is 1. The third-order valence-electron chi connectivity index (χ3n) is 2.05. The van der Waals surface area contributed by atoms with Crippen LogP contribution in [0.4, 0.5) is 5.69 Å². The molecule has 1 rings (SSSR count). The van der Waals surface area contributed by atoms with Gasteiger partial charge in [0.15, 0.2) is 0 Å². The van der Waals surface area contributed by atoms with Gasteiger partial charge in [-0.1, -0.05) is 0 Å². The van der Waals surface area contributed by atoms with E-state index in [9.17, 15) is 5.11 Å². The standard InChI is InChI=1S/C10H15NO2/c1-4-11(2)9-7-8(12)5-6-10(9)13-3/h5-7,12H,4H2,1-3H3. The van der Waals surface area contributed by atoms with Crippen LogP contribution in [0.3, 0.4) is 0 Å². The van der Waals surface area contributed by atoms with Crippen LogP contribution in [0.2, 0.25) is 0 Å². The lowest BCUT2D eigenvalue weighted by Crippen LogP contribution is -2.16. The number of phenolic OH excluding ortho intramolecular Hbond substituents is 1. The van der Waals surface area contributed by atoms with E-state index in [1.54, 1.807) is 25.3 Å². The highest BCUT2D eigenvalue weighted by atomic mass is 16.5. The van der Waals surface area contributed by atoms with Crippen molar-refractivity contribution in [2.45, 2.75) is 6.92 Å². The highest BCUT2D eigenvalue weighted by Gasteiger charge is 2.06. The molecule has 0 radical (unpaired) electrons. The minimum absolute atomic E-state index is 0.260. The quantitative estimate of drug-likeness (QED) is 0.772. The van der Waals surface area contributed by atoms with Crippen molar-refractivity contribution in [1.82, 2.24) is 0 Å². The lowest BCUT2D eigenvalue weighted by Gasteiger charge is -2.19. The SMILES string of the molecule is CCN(C)c1cc(O)ccc1OC. The number of benzene rings is 1. The zero-order valence-electron chi connectivity index (χ0n) is 8.24. The van der Waals surface area contributed by atoms with Crippen molar-refractivity contribution in [1.29, 1.82) is 0 Å². The van der Waals surface area contributed by atoms with Crippen LogP contribution in [0, 0.1) is 0 Å². The summed E-state index contributed by atoms with van der Waals surface area (Å²) < 4.78 is 5.17. The van der Waals surface area contributed by atoms with Gasteiger partial charge in [-0.05, 0) is 19.1 Å². The average molecular weight is 181 g/mol. The van der Waals surface area contributed by atoms with Crippen molar-refractivity contribution in [2.75, 3.05) is 25.6 Å². The second-order valence-electron chi connectivity index (χ2n) is 2.87. The monoisotopic (exact) mass is 181 g/mol. The van der Waals surface area contributed by atoms with E-state index >= 15 is 0 Å². The third kappa shape index (κ3) is 2.05. The second-order valence-corrected chi connectivity index (χ2v) is 2.87. The fourth-order valence-electron chi connectivity index (χ4n) is 1.15. The zero-order valence-corrected chi connectivity index (χ0v) is 8.24. The summed E-state index contributed by atoms with van der Waals surface area (Å²) in [6.45, 7) is 2.92. The Bertz CT molecular complexity index is 286. The molecule has 3 heteroatoms. The number of hydrogen-bond donors (Lipinski definition) is 1. The van der Waals surface area contributed by atoms with Gasteiger partial charge in [-0.2, -0.15) is 0 Å². The summed E-state index contributed by atoms with van der Waals surface area (Å²) in [7, 11) is 3.58. The van der Waals surface area contributed by atoms with Crippen LogP contribution in [0.25, 0.3) is 0 Å². The van der Waals surface area contributed by atoms with Crippen LogP contribution in [0.5, 0.6) is 11.5 Å². The number of rotatable bonds is 3. The predicted molar refractivity (Wildman–Crippen MR) is 53.6 cm³/mol. The highest BCUT2D eigenvalue weighted by Crippen LogP contribution is 2.30. The first kappa shape index (κ1) is 9.71. The average Bonchev–Trinajstić information content (AvgIpc) is 2.16. The number of nitrogens with zero attached hydrogens (tertiary/aromatic N) is 1. The van der Waals surface area contributed by atoms with Crippen molar-refractivity contribution in [2.24, 2.45) is 0 Å². The van der Waals surface area contributed by atoms with Gasteiger partial charge in [0.25, 0.3) is 0 Å². The summed E-state index contributed by atoms with van der Waals surface area (Å²) in [5.41, 5.74) is 0.907. The van der Waals surface area contributed by atoms with E-state index in [0.717, 1.165) is 18.0 Å². The molecule has 0 spiro atoms. The molecule has 0 aliphatic carbocycles. The summed E-state index contributed by atoms with van der Waals surface area (Å²) in [5, 5.41) is 9.30. The van der Waals surface area contributed by atoms with Gasteiger partial charge in [-0.3, -0.25) is 0 Å². The molecule has 0 aliphatic heterocycles. The van der Waals surface area contributed by atoms with Crippen molar-refractivity contribution >= 4 is 5.69 Å². The molecule has 0 saturated carbocycles. The van der Waals surface area contributed by atoms with Gasteiger partial charge in [-0.25, -0.2) is 0 Å². The number of aromatic hydroxyl groups is 1. The molecule has 72 valence electrons. The van der Waals surface area contributed by atoms with Crippen molar-refractivity contribution in [3.05, 3.63) is 18.2 Å². The summed E-state index contributed by atoms with van der Waals surface area (Å²) in [6.07, 6.45) is 0. The van der Waals surface area contributed by atoms with E-state index in [2.05, 4.69) is 0 Å². The summed E-state index contributed by atoms with van der Waals surface area (Å²) in [6, 6.07) is 5.07. The van der Waals surface area contributed by atoms with Crippen molar-refractivity contribution < 1.29 is 9.84 Å². The summed E-state index contributed by atoms with van der Waals surface area (Å²) in [5.74, 6) is 1.04. The lowest BCUT2D eigenvalue weighted by atomic mass is 10.2. The number of ether oxygens (including phenoxy) is 1. The molecule has 0 saturated heterocycles. The van der Waals surface area contributed by atoms with Gasteiger partial charge >= 0.3 is 0 Å². The Hall–Kier alpha value is -1.38. The molecule has 0 fully saturated rings. The molecule has 13 heavy (non-hydrogen) atoms. The first-order chi connectivity index (χ1) is 6.19. The maximum atomic E-state index is 9.30. The van der Waals surface area contributed by atoms with Crippen molar-refractivity contribution in [3.63, 3.8) is 0 Å². The molecule has 0 aromatic heterocycles. The Kier molecular flexibility index (Phi) is 3.01. The molecule has 1 N–H and O–H groups in total. The first-order valence-electron chi connectivity index (χ1n) is 4.27. The Morgan fingerprint density at radius 1 is 1.46 bits per heavy atom. The molecular formula is C10H15NO2. The normalized spacial score (nSPS) is 9.77. The van der Waals surface area contributed by atoms with E-state index in [1.807, 2.05) is 18.9 Å². The van der Waals surface area contributed by atoms with E-state index in [4.69, 9.17) is 4.74 Å². The molecule has 0 heterocycles. The Labute approximate surface area is 78.6 Å². The third-order valence-corrected chi connectivity index (χ3v) is 2.05. The zero-order chi connectivity index (χ0) is 9.84. The van der Waals surface area contributed by atoms with Crippen LogP contribution in [-0.4, -0.2) is 25.8 Å². The van der Waals surface area contributed by atoms with Crippen LogP contribution in [0.1, 0.15) is 6.92 Å². The molecule has 0 unspecified atom stereocenters. The van der Waals surface area contributed by atoms with E-state index in [0.29, 0.717) is 0 Å². The van der Waals surface area contributed by atoms with E-state index in [1.165, 1.54) is 0 Å². The van der Waals surface area contributed by atoms with Crippen LogP contribution in [-0.2, 0) is 0 Å². The molecule has 1 aromatic carbocycles. The molecule has 3 nitrogen and oxygen atoms in total. The second kappa shape index (κ2) is 4.03. The van der Waals surface area contributed by atoms with Gasteiger partial charge in [-0.15, -0.1) is 0 Å². The Balaban J connectivity index is 3.07. The predicted octanol–water partition coefficient (Wildman–Crippen LogP) is 1.86. The first-order valence-corrected chi connectivity index (χ1v) is 4.27. The van der Waals surface area contributed by atoms with Gasteiger partial charge in [0, 0.05) is 19.7 Å². The van der Waals surface area contributed by atoms with E-state index in [-0.39, 0.29) is 5.75 Å². The number of hydrogen-bond acceptors (Lipinski definition) is 3. The van der Waals surface area contributed by atoms with Crippen LogP contribution >= 0.6 is 0 Å². The molecule has 0 amide bonds. The smallest absolute Gasteiger partial charge is 0.142 e. The highest BCUT2D eigenvalue weighted by molar-refractivity contribution is 5.60. The minimum atomic E-state index is 0.260. The maximum Gasteiger partial charge on any atom is 0.142 e. The summed E-state index contributed by atoms with van der Waals surface area (Å²) >= 11 is 0. The largest absolute Gasteiger partial charge is 0.508 e. The van der Waals surface area contributed by atoms with Crippen molar-refractivity contribution in [3.8, 4) is 11.5 Å². The fraction of sp³-hybridized carbons (Fsp3) is 0.400. The summed E-state index contributed by atoms with van der Waals surface area (Å²) in [4.78, 5) is 2.01. The number of anilines is 1. The molecule has 1 aromatic rings. The molecule has 0 aliphatic rings. The van der Waals surface area contributed by atoms with Gasteiger partial charge in [0.1, 0.15) is 11.5 Å². The lowest BCUT2D eigenvalue weighted by molar-refractivity contribution is 0.412. The molecule has 0 bridgehead atoms. The van der Waals surface area contributed by atoms with Gasteiger partial charge in [0.05, 0.1) is 12.8 Å². The van der Waals surface area contributed by atoms with Crippen LogP contribution < -0.4 is 9.64 Å². The maximum absolute atomic E-state index is 9.30. The Morgan fingerprint density at radius 2 is 2.15 bits per heavy atom. The topological polar surface area (TPSA) is 32.7 Å². The Morgan fingerprint density at radius 3 is 2.69 bits per heavy atom. The van der Waals surface area contributed by atoms with Crippen LogP contribution in [0.15, 0.2) is 18.2 Å². The van der Waals surface area contributed by atoms with E-state index < -0.39 is 0 Å². The van der Waals surface area contributed by atoms with Gasteiger partial charge in [0.2, 0.25) is 0 Å². The minimum Gasteiger partial charge on any atom is -0.508 e. The molecular weight excluding hydrogens is 166 g/mol.